The van der Waals surface area contributed by atoms with Crippen LogP contribution in [0.15, 0.2) is 24.0 Å². The molecule has 1 nitrogen and oxygen atoms in total. The lowest BCUT2D eigenvalue weighted by Crippen LogP contribution is -1.98. The van der Waals surface area contributed by atoms with Crippen LogP contribution in [0.5, 0.6) is 0 Å². The average Bonchev–Trinajstić information content (AvgIpc) is 1.95. The van der Waals surface area contributed by atoms with Crippen molar-refractivity contribution in [2.45, 2.75) is 26.2 Å². The summed E-state index contributed by atoms with van der Waals surface area (Å²) in [6, 6.07) is 0. The van der Waals surface area contributed by atoms with Gasteiger partial charge in [-0.3, -0.25) is 0 Å². The summed E-state index contributed by atoms with van der Waals surface area (Å²) >= 11 is 0. The number of hydrogen-bond donors (Lipinski definition) is 1. The first-order valence-electron chi connectivity index (χ1n) is 3.90. The average molecular weight is 138 g/mol. The van der Waals surface area contributed by atoms with Gasteiger partial charge in [-0.1, -0.05) is 19.4 Å². The van der Waals surface area contributed by atoms with Crippen LogP contribution in [0, 0.1) is 5.92 Å². The van der Waals surface area contributed by atoms with Crippen LogP contribution in [-0.4, -0.2) is 5.11 Å². The molecular formula is C9H14O. The van der Waals surface area contributed by atoms with E-state index in [1.165, 1.54) is 12.8 Å². The molecule has 1 atom stereocenters. The standard InChI is InChI=1S/C9H14O/c1-2-3-8-4-6-9(10)7-5-8/h4,6-8,10H,2-3,5H2,1H3/t8-/m1/s1. The quantitative estimate of drug-likeness (QED) is 0.622. The predicted molar refractivity (Wildman–Crippen MR) is 42.9 cm³/mol. The van der Waals surface area contributed by atoms with Gasteiger partial charge < -0.3 is 5.11 Å². The maximum Gasteiger partial charge on any atom is 0.111 e. The van der Waals surface area contributed by atoms with Gasteiger partial charge in [-0.25, -0.2) is 0 Å². The van der Waals surface area contributed by atoms with Gasteiger partial charge in [-0.15, -0.1) is 0 Å². The van der Waals surface area contributed by atoms with E-state index in [2.05, 4.69) is 13.0 Å². The zero-order chi connectivity index (χ0) is 7.40. The second-order valence-electron chi connectivity index (χ2n) is 2.77. The van der Waals surface area contributed by atoms with E-state index in [1.807, 2.05) is 6.08 Å². The van der Waals surface area contributed by atoms with Gasteiger partial charge in [0.2, 0.25) is 0 Å². The van der Waals surface area contributed by atoms with E-state index in [-0.39, 0.29) is 0 Å². The number of aliphatic hydroxyl groups is 1. The second-order valence-corrected chi connectivity index (χ2v) is 2.77. The van der Waals surface area contributed by atoms with Crippen LogP contribution in [0.3, 0.4) is 0 Å². The molecule has 0 amide bonds. The van der Waals surface area contributed by atoms with Crippen molar-refractivity contribution < 1.29 is 5.11 Å². The van der Waals surface area contributed by atoms with Gasteiger partial charge in [0.25, 0.3) is 0 Å². The van der Waals surface area contributed by atoms with Crippen LogP contribution < -0.4 is 0 Å². The molecule has 0 bridgehead atoms. The highest BCUT2D eigenvalue weighted by Crippen LogP contribution is 2.18. The Kier molecular flexibility index (Phi) is 2.55. The van der Waals surface area contributed by atoms with Gasteiger partial charge in [-0.2, -0.15) is 0 Å². The molecule has 56 valence electrons. The second kappa shape index (κ2) is 3.45. The third kappa shape index (κ3) is 1.90. The Balaban J connectivity index is 2.37. The van der Waals surface area contributed by atoms with Crippen LogP contribution in [-0.2, 0) is 0 Å². The van der Waals surface area contributed by atoms with Crippen molar-refractivity contribution in [3.63, 3.8) is 0 Å². The number of rotatable bonds is 2. The maximum atomic E-state index is 8.97. The topological polar surface area (TPSA) is 20.2 Å². The molecular weight excluding hydrogens is 124 g/mol. The fraction of sp³-hybridized carbons (Fsp3) is 0.556. The zero-order valence-electron chi connectivity index (χ0n) is 6.38. The molecule has 10 heavy (non-hydrogen) atoms. The Bertz CT molecular complexity index is 156. The number of allylic oxidation sites excluding steroid dienone is 3. The van der Waals surface area contributed by atoms with E-state index < -0.39 is 0 Å². The largest absolute Gasteiger partial charge is 0.508 e. The molecule has 0 saturated carbocycles. The molecule has 0 saturated heterocycles. The van der Waals surface area contributed by atoms with Crippen LogP contribution in [0.2, 0.25) is 0 Å². The molecule has 1 rings (SSSR count). The minimum Gasteiger partial charge on any atom is -0.508 e. The fourth-order valence-electron chi connectivity index (χ4n) is 1.24. The normalized spacial score (nSPS) is 24.5. The molecule has 1 heteroatoms. The minimum absolute atomic E-state index is 0.423. The van der Waals surface area contributed by atoms with E-state index in [0.717, 1.165) is 6.42 Å². The van der Waals surface area contributed by atoms with Crippen LogP contribution in [0.4, 0.5) is 0 Å². The lowest BCUT2D eigenvalue weighted by atomic mass is 9.96. The first-order chi connectivity index (χ1) is 4.83. The molecule has 1 aliphatic carbocycles. The molecule has 0 aromatic heterocycles. The predicted octanol–water partition coefficient (Wildman–Crippen LogP) is 2.80. The fourth-order valence-corrected chi connectivity index (χ4v) is 1.24. The molecule has 0 fully saturated rings. The molecule has 0 aliphatic heterocycles. The lowest BCUT2D eigenvalue weighted by Gasteiger charge is -2.11. The Labute approximate surface area is 62.1 Å². The third-order valence-corrected chi connectivity index (χ3v) is 1.83. The Morgan fingerprint density at radius 3 is 3.00 bits per heavy atom. The summed E-state index contributed by atoms with van der Waals surface area (Å²) in [5.74, 6) is 1.09. The SMILES string of the molecule is CCC[C@@H]1C=CC(O)=CC1. The van der Waals surface area contributed by atoms with Crippen molar-refractivity contribution in [3.8, 4) is 0 Å². The van der Waals surface area contributed by atoms with Crippen molar-refractivity contribution in [1.29, 1.82) is 0 Å². The van der Waals surface area contributed by atoms with Gasteiger partial charge in [0.05, 0.1) is 0 Å². The van der Waals surface area contributed by atoms with E-state index in [1.54, 1.807) is 6.08 Å². The van der Waals surface area contributed by atoms with Gasteiger partial charge in [0.1, 0.15) is 5.76 Å². The third-order valence-electron chi connectivity index (χ3n) is 1.83. The first-order valence-corrected chi connectivity index (χ1v) is 3.90. The molecule has 1 aliphatic rings. The zero-order valence-corrected chi connectivity index (χ0v) is 6.38. The Morgan fingerprint density at radius 2 is 2.50 bits per heavy atom. The summed E-state index contributed by atoms with van der Waals surface area (Å²) in [4.78, 5) is 0. The summed E-state index contributed by atoms with van der Waals surface area (Å²) in [6.45, 7) is 2.19. The Hall–Kier alpha value is -0.720. The van der Waals surface area contributed by atoms with Crippen LogP contribution >= 0.6 is 0 Å². The van der Waals surface area contributed by atoms with Crippen molar-refractivity contribution in [2.24, 2.45) is 5.92 Å². The molecule has 0 radical (unpaired) electrons. The van der Waals surface area contributed by atoms with Crippen molar-refractivity contribution in [2.75, 3.05) is 0 Å². The van der Waals surface area contributed by atoms with Gasteiger partial charge in [0.15, 0.2) is 0 Å². The van der Waals surface area contributed by atoms with Crippen LogP contribution in [0.25, 0.3) is 0 Å². The van der Waals surface area contributed by atoms with Crippen molar-refractivity contribution in [3.05, 3.63) is 24.0 Å². The summed E-state index contributed by atoms with van der Waals surface area (Å²) in [5.41, 5.74) is 0. The molecule has 1 N–H and O–H groups in total. The monoisotopic (exact) mass is 138 g/mol. The minimum atomic E-state index is 0.423. The van der Waals surface area contributed by atoms with E-state index in [4.69, 9.17) is 5.11 Å². The summed E-state index contributed by atoms with van der Waals surface area (Å²) < 4.78 is 0. The molecule has 0 unspecified atom stereocenters. The summed E-state index contributed by atoms with van der Waals surface area (Å²) in [7, 11) is 0. The summed E-state index contributed by atoms with van der Waals surface area (Å²) in [6.07, 6.45) is 9.25. The van der Waals surface area contributed by atoms with E-state index in [0.29, 0.717) is 11.7 Å². The van der Waals surface area contributed by atoms with Crippen molar-refractivity contribution >= 4 is 0 Å². The van der Waals surface area contributed by atoms with E-state index in [9.17, 15) is 0 Å². The van der Waals surface area contributed by atoms with Gasteiger partial charge in [-0.05, 0) is 30.9 Å². The van der Waals surface area contributed by atoms with E-state index >= 15 is 0 Å². The number of aliphatic hydroxyl groups excluding tert-OH is 1. The number of hydrogen-bond acceptors (Lipinski definition) is 1. The molecule has 0 aromatic carbocycles. The highest BCUT2D eigenvalue weighted by molar-refractivity contribution is 5.16. The highest BCUT2D eigenvalue weighted by atomic mass is 16.3. The van der Waals surface area contributed by atoms with Gasteiger partial charge >= 0.3 is 0 Å². The Morgan fingerprint density at radius 1 is 1.70 bits per heavy atom. The molecule has 0 aromatic rings. The molecule has 0 spiro atoms. The van der Waals surface area contributed by atoms with Gasteiger partial charge in [0, 0.05) is 0 Å². The smallest absolute Gasteiger partial charge is 0.111 e. The maximum absolute atomic E-state index is 8.97. The summed E-state index contributed by atoms with van der Waals surface area (Å²) in [5, 5.41) is 8.97. The highest BCUT2D eigenvalue weighted by Gasteiger charge is 2.05. The molecule has 0 heterocycles. The van der Waals surface area contributed by atoms with Crippen LogP contribution in [0.1, 0.15) is 26.2 Å². The lowest BCUT2D eigenvalue weighted by molar-refractivity contribution is 0.418. The van der Waals surface area contributed by atoms with Crippen molar-refractivity contribution in [1.82, 2.24) is 0 Å². The first kappa shape index (κ1) is 7.39.